The van der Waals surface area contributed by atoms with Crippen LogP contribution in [0.4, 0.5) is 4.39 Å². The van der Waals surface area contributed by atoms with Crippen LogP contribution in [0, 0.1) is 12.7 Å². The van der Waals surface area contributed by atoms with E-state index in [-0.39, 0.29) is 11.8 Å². The molecule has 1 heterocycles. The Morgan fingerprint density at radius 3 is 2.93 bits per heavy atom. The van der Waals surface area contributed by atoms with Gasteiger partial charge in [-0.15, -0.1) is 0 Å². The molecule has 2 N–H and O–H groups in total. The first-order chi connectivity index (χ1) is 6.70. The van der Waals surface area contributed by atoms with Gasteiger partial charge in [-0.05, 0) is 37.9 Å². The van der Waals surface area contributed by atoms with E-state index in [0.29, 0.717) is 0 Å². The van der Waals surface area contributed by atoms with Gasteiger partial charge in [0.25, 0.3) is 0 Å². The van der Waals surface area contributed by atoms with Crippen molar-refractivity contribution in [2.45, 2.75) is 25.8 Å². The zero-order valence-electron chi connectivity index (χ0n) is 8.18. The van der Waals surface area contributed by atoms with Crippen LogP contribution in [0.15, 0.2) is 12.1 Å². The van der Waals surface area contributed by atoms with Gasteiger partial charge in [0.05, 0.1) is 0 Å². The molecule has 1 aromatic carbocycles. The first-order valence-electron chi connectivity index (χ1n) is 4.91. The Morgan fingerprint density at radius 2 is 2.29 bits per heavy atom. The largest absolute Gasteiger partial charge is 0.505 e. The van der Waals surface area contributed by atoms with Gasteiger partial charge in [-0.2, -0.15) is 0 Å². The van der Waals surface area contributed by atoms with Crippen LogP contribution in [0.1, 0.15) is 30.0 Å². The molecule has 0 amide bonds. The lowest BCUT2D eigenvalue weighted by Crippen LogP contribution is -2.14. The van der Waals surface area contributed by atoms with Gasteiger partial charge in [0.2, 0.25) is 0 Å². The lowest BCUT2D eigenvalue weighted by molar-refractivity contribution is 0.416. The molecule has 2 rings (SSSR count). The quantitative estimate of drug-likeness (QED) is 0.720. The highest BCUT2D eigenvalue weighted by atomic mass is 19.1. The Kier molecular flexibility index (Phi) is 2.42. The van der Waals surface area contributed by atoms with Crippen LogP contribution in [0.2, 0.25) is 0 Å². The molecule has 1 saturated heterocycles. The predicted molar refractivity (Wildman–Crippen MR) is 52.8 cm³/mol. The van der Waals surface area contributed by atoms with Gasteiger partial charge in [-0.25, -0.2) is 4.39 Å². The van der Waals surface area contributed by atoms with Crippen molar-refractivity contribution in [3.8, 4) is 5.75 Å². The summed E-state index contributed by atoms with van der Waals surface area (Å²) in [6, 6.07) is 3.14. The van der Waals surface area contributed by atoms with Gasteiger partial charge in [0, 0.05) is 11.6 Å². The fraction of sp³-hybridized carbons (Fsp3) is 0.455. The second-order valence-corrected chi connectivity index (χ2v) is 3.78. The number of halogens is 1. The maximum Gasteiger partial charge on any atom is 0.165 e. The summed E-state index contributed by atoms with van der Waals surface area (Å²) in [6.45, 7) is 2.84. The van der Waals surface area contributed by atoms with Crippen LogP contribution < -0.4 is 5.32 Å². The highest BCUT2D eigenvalue weighted by Gasteiger charge is 2.22. The molecule has 0 aromatic heterocycles. The van der Waals surface area contributed by atoms with Crippen LogP contribution in [-0.4, -0.2) is 11.7 Å². The van der Waals surface area contributed by atoms with Crippen LogP contribution >= 0.6 is 0 Å². The topological polar surface area (TPSA) is 32.3 Å². The van der Waals surface area contributed by atoms with E-state index < -0.39 is 5.82 Å². The molecule has 1 aromatic rings. The zero-order chi connectivity index (χ0) is 10.1. The molecular formula is C11H14FNO. The Hall–Kier alpha value is -1.09. The van der Waals surface area contributed by atoms with Gasteiger partial charge in [0.1, 0.15) is 0 Å². The molecule has 0 spiro atoms. The van der Waals surface area contributed by atoms with E-state index >= 15 is 0 Å². The number of rotatable bonds is 1. The van der Waals surface area contributed by atoms with E-state index in [1.165, 1.54) is 6.07 Å². The summed E-state index contributed by atoms with van der Waals surface area (Å²) in [4.78, 5) is 0. The van der Waals surface area contributed by atoms with Crippen molar-refractivity contribution in [2.24, 2.45) is 0 Å². The number of aryl methyl sites for hydroxylation is 1. The summed E-state index contributed by atoms with van der Waals surface area (Å²) in [5.41, 5.74) is 1.67. The molecule has 1 aliphatic heterocycles. The minimum atomic E-state index is -0.528. The first-order valence-corrected chi connectivity index (χ1v) is 4.91. The maximum atomic E-state index is 13.1. The zero-order valence-corrected chi connectivity index (χ0v) is 8.18. The van der Waals surface area contributed by atoms with E-state index in [2.05, 4.69) is 5.32 Å². The molecule has 2 nitrogen and oxygen atoms in total. The van der Waals surface area contributed by atoms with Gasteiger partial charge < -0.3 is 10.4 Å². The molecule has 14 heavy (non-hydrogen) atoms. The van der Waals surface area contributed by atoms with E-state index in [4.69, 9.17) is 0 Å². The fourth-order valence-electron chi connectivity index (χ4n) is 2.05. The Bertz CT molecular complexity index is 345. The average Bonchev–Trinajstić information content (AvgIpc) is 2.65. The molecule has 76 valence electrons. The summed E-state index contributed by atoms with van der Waals surface area (Å²) in [5.74, 6) is -0.719. The second kappa shape index (κ2) is 3.58. The molecule has 0 radical (unpaired) electrons. The normalized spacial score (nSPS) is 21.4. The van der Waals surface area contributed by atoms with Crippen molar-refractivity contribution < 1.29 is 9.50 Å². The third-order valence-electron chi connectivity index (χ3n) is 2.79. The molecule has 0 saturated carbocycles. The summed E-state index contributed by atoms with van der Waals surface area (Å²) >= 11 is 0. The fourth-order valence-corrected chi connectivity index (χ4v) is 2.05. The van der Waals surface area contributed by atoms with E-state index in [9.17, 15) is 9.50 Å². The Balaban J connectivity index is 2.44. The number of hydrogen-bond acceptors (Lipinski definition) is 2. The van der Waals surface area contributed by atoms with Crippen molar-refractivity contribution in [1.82, 2.24) is 5.32 Å². The lowest BCUT2D eigenvalue weighted by atomic mass is 9.98. The van der Waals surface area contributed by atoms with Crippen molar-refractivity contribution in [2.75, 3.05) is 6.54 Å². The number of phenols is 1. The van der Waals surface area contributed by atoms with Gasteiger partial charge >= 0.3 is 0 Å². The third-order valence-corrected chi connectivity index (χ3v) is 2.79. The Morgan fingerprint density at radius 1 is 1.50 bits per heavy atom. The number of hydrogen-bond donors (Lipinski definition) is 2. The van der Waals surface area contributed by atoms with Crippen molar-refractivity contribution in [1.29, 1.82) is 0 Å². The molecule has 0 bridgehead atoms. The molecule has 3 heteroatoms. The van der Waals surface area contributed by atoms with E-state index in [1.54, 1.807) is 6.07 Å². The van der Waals surface area contributed by atoms with Crippen molar-refractivity contribution in [3.05, 3.63) is 29.1 Å². The number of benzene rings is 1. The number of nitrogens with one attached hydrogen (secondary N) is 1. The summed E-state index contributed by atoms with van der Waals surface area (Å²) in [7, 11) is 0. The minimum Gasteiger partial charge on any atom is -0.505 e. The lowest BCUT2D eigenvalue weighted by Gasteiger charge is -2.15. The van der Waals surface area contributed by atoms with Gasteiger partial charge in [0.15, 0.2) is 11.6 Å². The molecule has 1 aliphatic rings. The second-order valence-electron chi connectivity index (χ2n) is 3.78. The summed E-state index contributed by atoms with van der Waals surface area (Å²) in [6.07, 6.45) is 2.05. The summed E-state index contributed by atoms with van der Waals surface area (Å²) in [5, 5.41) is 12.9. The van der Waals surface area contributed by atoms with Crippen LogP contribution in [0.3, 0.4) is 0 Å². The highest BCUT2D eigenvalue weighted by molar-refractivity contribution is 5.42. The minimum absolute atomic E-state index is 0.116. The monoisotopic (exact) mass is 195 g/mol. The highest BCUT2D eigenvalue weighted by Crippen LogP contribution is 2.34. The van der Waals surface area contributed by atoms with Crippen molar-refractivity contribution >= 4 is 0 Å². The summed E-state index contributed by atoms with van der Waals surface area (Å²) < 4.78 is 13.1. The third kappa shape index (κ3) is 1.48. The molecule has 1 fully saturated rings. The molecule has 0 unspecified atom stereocenters. The average molecular weight is 195 g/mol. The maximum absolute atomic E-state index is 13.1. The molecule has 0 aliphatic carbocycles. The standard InChI is InChI=1S/C11H14FNO/c1-7-4-5-8(12)11(14)10(7)9-3-2-6-13-9/h4-5,9,13-14H,2-3,6H2,1H3/t9-/m1/s1. The van der Waals surface area contributed by atoms with E-state index in [1.807, 2.05) is 6.92 Å². The van der Waals surface area contributed by atoms with Crippen LogP contribution in [0.25, 0.3) is 0 Å². The van der Waals surface area contributed by atoms with Gasteiger partial charge in [-0.1, -0.05) is 6.07 Å². The van der Waals surface area contributed by atoms with Crippen LogP contribution in [0.5, 0.6) is 5.75 Å². The van der Waals surface area contributed by atoms with E-state index in [0.717, 1.165) is 30.5 Å². The van der Waals surface area contributed by atoms with Gasteiger partial charge in [-0.3, -0.25) is 0 Å². The Labute approximate surface area is 82.8 Å². The number of aromatic hydroxyl groups is 1. The van der Waals surface area contributed by atoms with Crippen molar-refractivity contribution in [3.63, 3.8) is 0 Å². The predicted octanol–water partition coefficient (Wildman–Crippen LogP) is 2.26. The number of phenolic OH excluding ortho intramolecular Hbond substituents is 1. The molecular weight excluding hydrogens is 181 g/mol. The van der Waals surface area contributed by atoms with Crippen LogP contribution in [-0.2, 0) is 0 Å². The smallest absolute Gasteiger partial charge is 0.165 e. The molecule has 1 atom stereocenters. The first kappa shape index (κ1) is 9.46. The SMILES string of the molecule is Cc1ccc(F)c(O)c1[C@H]1CCCN1.